The van der Waals surface area contributed by atoms with Crippen molar-refractivity contribution in [3.05, 3.63) is 53.3 Å². The highest BCUT2D eigenvalue weighted by Crippen LogP contribution is 2.27. The van der Waals surface area contributed by atoms with Gasteiger partial charge in [-0.25, -0.2) is 0 Å². The first-order chi connectivity index (χ1) is 11.1. The highest BCUT2D eigenvalue weighted by molar-refractivity contribution is 6.31. The third-order valence-corrected chi connectivity index (χ3v) is 3.18. The molecule has 2 N–H and O–H groups in total. The molecule has 120 valence electrons. The Hall–Kier alpha value is -2.60. The van der Waals surface area contributed by atoms with Gasteiger partial charge in [0.2, 0.25) is 11.8 Å². The molecule has 0 unspecified atom stereocenters. The predicted molar refractivity (Wildman–Crippen MR) is 87.3 cm³/mol. The normalized spacial score (nSPS) is 10.0. The number of hydrogen-bond acceptors (Lipinski definition) is 4. The molecule has 2 amide bonds. The molecule has 0 aliphatic carbocycles. The number of anilines is 1. The summed E-state index contributed by atoms with van der Waals surface area (Å²) in [5.74, 6) is -0.380. The molecule has 0 fully saturated rings. The van der Waals surface area contributed by atoms with Crippen molar-refractivity contribution < 1.29 is 14.3 Å². The van der Waals surface area contributed by atoms with Crippen LogP contribution in [-0.2, 0) is 16.1 Å². The average Bonchev–Trinajstić information content (AvgIpc) is 2.54. The van der Waals surface area contributed by atoms with Gasteiger partial charge >= 0.3 is 0 Å². The molecule has 2 rings (SSSR count). The highest BCUT2D eigenvalue weighted by Gasteiger charge is 2.12. The van der Waals surface area contributed by atoms with Gasteiger partial charge in [0, 0.05) is 11.2 Å². The fourth-order valence-electron chi connectivity index (χ4n) is 1.87. The fourth-order valence-corrected chi connectivity index (χ4v) is 2.04. The number of nitrogens with zero attached hydrogens (tertiary/aromatic N) is 1. The number of rotatable bonds is 6. The van der Waals surface area contributed by atoms with Gasteiger partial charge < -0.3 is 15.4 Å². The van der Waals surface area contributed by atoms with Crippen LogP contribution >= 0.6 is 11.6 Å². The minimum atomic E-state index is -0.455. The van der Waals surface area contributed by atoms with Crippen LogP contribution in [0.4, 0.5) is 5.69 Å². The van der Waals surface area contributed by atoms with E-state index in [9.17, 15) is 9.59 Å². The second kappa shape index (κ2) is 8.14. The Kier molecular flexibility index (Phi) is 5.94. The molecule has 0 atom stereocenters. The molecule has 7 heteroatoms. The lowest BCUT2D eigenvalue weighted by Gasteiger charge is -2.10. The summed E-state index contributed by atoms with van der Waals surface area (Å²) in [6.07, 6.45) is 1.34. The van der Waals surface area contributed by atoms with Crippen LogP contribution in [0.25, 0.3) is 0 Å². The Morgan fingerprint density at radius 2 is 2.04 bits per heavy atom. The van der Waals surface area contributed by atoms with E-state index in [4.69, 9.17) is 16.3 Å². The Balaban J connectivity index is 1.87. The molecule has 1 aromatic carbocycles. The Labute approximate surface area is 138 Å². The van der Waals surface area contributed by atoms with Gasteiger partial charge in [-0.1, -0.05) is 17.7 Å². The van der Waals surface area contributed by atoms with Crippen LogP contribution in [0.2, 0.25) is 5.02 Å². The maximum absolute atomic E-state index is 11.9. The predicted octanol–water partition coefficient (Wildman–Crippen LogP) is 2.39. The number of methoxy groups -OCH3 is 1. The largest absolute Gasteiger partial charge is 0.495 e. The van der Waals surface area contributed by atoms with Gasteiger partial charge in [-0.05, 0) is 30.3 Å². The van der Waals surface area contributed by atoms with Gasteiger partial charge in [-0.3, -0.25) is 14.6 Å². The van der Waals surface area contributed by atoms with Crippen molar-refractivity contribution in [2.45, 2.75) is 13.0 Å². The summed E-state index contributed by atoms with van der Waals surface area (Å²) in [6, 6.07) is 10.2. The molecule has 0 saturated heterocycles. The highest BCUT2D eigenvalue weighted by atomic mass is 35.5. The molecule has 0 bridgehead atoms. The van der Waals surface area contributed by atoms with Crippen molar-refractivity contribution in [2.75, 3.05) is 12.4 Å². The first kappa shape index (κ1) is 16.8. The van der Waals surface area contributed by atoms with Gasteiger partial charge in [0.15, 0.2) is 0 Å². The third kappa shape index (κ3) is 5.27. The SMILES string of the molecule is COc1ccc(Cl)cc1NC(=O)CC(=O)NCc1ccccn1. The monoisotopic (exact) mass is 333 g/mol. The molecule has 2 aromatic rings. The number of hydrogen-bond donors (Lipinski definition) is 2. The van der Waals surface area contributed by atoms with Gasteiger partial charge in [0.25, 0.3) is 0 Å². The van der Waals surface area contributed by atoms with Crippen LogP contribution in [0.5, 0.6) is 5.75 Å². The van der Waals surface area contributed by atoms with E-state index in [0.29, 0.717) is 16.5 Å². The summed E-state index contributed by atoms with van der Waals surface area (Å²) in [7, 11) is 1.48. The van der Waals surface area contributed by atoms with E-state index < -0.39 is 11.8 Å². The molecule has 0 aliphatic heterocycles. The molecule has 1 aromatic heterocycles. The van der Waals surface area contributed by atoms with Crippen molar-refractivity contribution in [3.8, 4) is 5.75 Å². The smallest absolute Gasteiger partial charge is 0.233 e. The zero-order valence-electron chi connectivity index (χ0n) is 12.5. The molecular weight excluding hydrogens is 318 g/mol. The van der Waals surface area contributed by atoms with E-state index in [1.807, 2.05) is 6.07 Å². The van der Waals surface area contributed by atoms with Crippen molar-refractivity contribution in [2.24, 2.45) is 0 Å². The maximum atomic E-state index is 11.9. The number of nitrogens with one attached hydrogen (secondary N) is 2. The number of ether oxygens (including phenoxy) is 1. The molecule has 0 aliphatic rings. The summed E-state index contributed by atoms with van der Waals surface area (Å²) in [5.41, 5.74) is 1.14. The minimum absolute atomic E-state index is 0.271. The average molecular weight is 334 g/mol. The van der Waals surface area contributed by atoms with Crippen LogP contribution in [0.1, 0.15) is 12.1 Å². The lowest BCUT2D eigenvalue weighted by atomic mass is 10.2. The van der Waals surface area contributed by atoms with Gasteiger partial charge in [0.1, 0.15) is 12.2 Å². The number of carbonyl (C=O) groups is 2. The molecule has 1 heterocycles. The molecule has 0 radical (unpaired) electrons. The quantitative estimate of drug-likeness (QED) is 0.795. The van der Waals surface area contributed by atoms with Crippen molar-refractivity contribution in [3.63, 3.8) is 0 Å². The number of halogens is 1. The van der Waals surface area contributed by atoms with Crippen LogP contribution in [0, 0.1) is 0 Å². The molecule has 6 nitrogen and oxygen atoms in total. The van der Waals surface area contributed by atoms with E-state index in [-0.39, 0.29) is 13.0 Å². The Bertz CT molecular complexity index is 692. The van der Waals surface area contributed by atoms with Crippen molar-refractivity contribution in [1.29, 1.82) is 0 Å². The van der Waals surface area contributed by atoms with E-state index in [1.54, 1.807) is 36.5 Å². The number of amides is 2. The second-order valence-electron chi connectivity index (χ2n) is 4.67. The molecule has 0 spiro atoms. The standard InChI is InChI=1S/C16H16ClN3O3/c1-23-14-6-5-11(17)8-13(14)20-16(22)9-15(21)19-10-12-4-2-3-7-18-12/h2-8H,9-10H2,1H3,(H,19,21)(H,20,22). The van der Waals surface area contributed by atoms with Gasteiger partial charge in [0.05, 0.1) is 25.0 Å². The number of pyridine rings is 1. The summed E-state index contributed by atoms with van der Waals surface area (Å²) in [5, 5.41) is 5.70. The van der Waals surface area contributed by atoms with E-state index in [2.05, 4.69) is 15.6 Å². The first-order valence-electron chi connectivity index (χ1n) is 6.88. The van der Waals surface area contributed by atoms with Crippen LogP contribution in [0.15, 0.2) is 42.6 Å². The fraction of sp³-hybridized carbons (Fsp3) is 0.188. The summed E-state index contributed by atoms with van der Waals surface area (Å²) in [6.45, 7) is 0.271. The molecule has 0 saturated carbocycles. The topological polar surface area (TPSA) is 80.3 Å². The van der Waals surface area contributed by atoms with E-state index >= 15 is 0 Å². The zero-order valence-corrected chi connectivity index (χ0v) is 13.3. The van der Waals surface area contributed by atoms with E-state index in [0.717, 1.165) is 5.69 Å². The summed E-state index contributed by atoms with van der Waals surface area (Å²) >= 11 is 5.89. The van der Waals surface area contributed by atoms with Crippen molar-refractivity contribution in [1.82, 2.24) is 10.3 Å². The summed E-state index contributed by atoms with van der Waals surface area (Å²) < 4.78 is 5.13. The van der Waals surface area contributed by atoms with E-state index in [1.165, 1.54) is 7.11 Å². The minimum Gasteiger partial charge on any atom is -0.495 e. The summed E-state index contributed by atoms with van der Waals surface area (Å²) in [4.78, 5) is 27.8. The van der Waals surface area contributed by atoms with Crippen LogP contribution < -0.4 is 15.4 Å². The number of benzene rings is 1. The number of aromatic nitrogens is 1. The van der Waals surface area contributed by atoms with Crippen molar-refractivity contribution >= 4 is 29.1 Å². The number of carbonyl (C=O) groups excluding carboxylic acids is 2. The van der Waals surface area contributed by atoms with Gasteiger partial charge in [-0.2, -0.15) is 0 Å². The van der Waals surface area contributed by atoms with Gasteiger partial charge in [-0.15, -0.1) is 0 Å². The lowest BCUT2D eigenvalue weighted by Crippen LogP contribution is -2.28. The second-order valence-corrected chi connectivity index (χ2v) is 5.10. The third-order valence-electron chi connectivity index (χ3n) is 2.95. The maximum Gasteiger partial charge on any atom is 0.233 e. The first-order valence-corrected chi connectivity index (χ1v) is 7.26. The lowest BCUT2D eigenvalue weighted by molar-refractivity contribution is -0.126. The van der Waals surface area contributed by atoms with Crippen LogP contribution in [0.3, 0.4) is 0 Å². The zero-order chi connectivity index (χ0) is 16.7. The van der Waals surface area contributed by atoms with Crippen LogP contribution in [-0.4, -0.2) is 23.9 Å². The Morgan fingerprint density at radius 1 is 1.22 bits per heavy atom. The Morgan fingerprint density at radius 3 is 2.74 bits per heavy atom. The molecule has 23 heavy (non-hydrogen) atoms. The molecular formula is C16H16ClN3O3.